The van der Waals surface area contributed by atoms with Crippen LogP contribution in [0.1, 0.15) is 29.8 Å². The van der Waals surface area contributed by atoms with Gasteiger partial charge in [-0.3, -0.25) is 5.10 Å². The Hall–Kier alpha value is -2.39. The molecule has 0 unspecified atom stereocenters. The van der Waals surface area contributed by atoms with E-state index in [0.717, 1.165) is 11.3 Å². The summed E-state index contributed by atoms with van der Waals surface area (Å²) in [6.45, 7) is 7.05. The number of carbonyl (C=O) groups excluding carboxylic acids is 1. The van der Waals surface area contributed by atoms with E-state index in [1.54, 1.807) is 6.92 Å². The fourth-order valence-corrected chi connectivity index (χ4v) is 4.86. The average Bonchev–Trinajstić information content (AvgIpc) is 3.12. The van der Waals surface area contributed by atoms with E-state index in [9.17, 15) is 13.2 Å². The maximum atomic E-state index is 13.0. The lowest BCUT2D eigenvalue weighted by Gasteiger charge is -2.40. The molecule has 27 heavy (non-hydrogen) atoms. The Morgan fingerprint density at radius 3 is 2.81 bits per heavy atom. The number of hydrogen-bond donors (Lipinski definition) is 1. The van der Waals surface area contributed by atoms with E-state index in [4.69, 9.17) is 4.74 Å². The number of aryl methyl sites for hydroxylation is 1. The van der Waals surface area contributed by atoms with Crippen molar-refractivity contribution in [1.29, 1.82) is 0 Å². The fraction of sp³-hybridized carbons (Fsp3) is 0.444. The van der Waals surface area contributed by atoms with Gasteiger partial charge >= 0.3 is 5.97 Å². The first-order valence-electron chi connectivity index (χ1n) is 8.88. The van der Waals surface area contributed by atoms with Gasteiger partial charge in [-0.1, -0.05) is 12.1 Å². The van der Waals surface area contributed by atoms with Gasteiger partial charge in [0.2, 0.25) is 0 Å². The number of esters is 1. The minimum Gasteiger partial charge on any atom is -0.462 e. The van der Waals surface area contributed by atoms with Crippen LogP contribution in [0.4, 0.5) is 5.69 Å². The highest BCUT2D eigenvalue weighted by atomic mass is 32.2. The van der Waals surface area contributed by atoms with Crippen molar-refractivity contribution >= 4 is 21.7 Å². The highest BCUT2D eigenvalue weighted by molar-refractivity contribution is 7.89. The molecule has 0 radical (unpaired) electrons. The van der Waals surface area contributed by atoms with Crippen LogP contribution in [0.2, 0.25) is 0 Å². The van der Waals surface area contributed by atoms with Crippen LogP contribution in [-0.2, 0) is 14.8 Å². The normalized spacial score (nSPS) is 18.5. The number of carbonyl (C=O) groups is 1. The summed E-state index contributed by atoms with van der Waals surface area (Å²) in [7, 11) is -3.87. The molecule has 1 aliphatic heterocycles. The van der Waals surface area contributed by atoms with E-state index in [2.05, 4.69) is 21.2 Å². The molecule has 3 rings (SSSR count). The molecule has 9 heteroatoms. The van der Waals surface area contributed by atoms with Crippen molar-refractivity contribution in [1.82, 2.24) is 14.5 Å². The molecule has 146 valence electrons. The van der Waals surface area contributed by atoms with E-state index >= 15 is 0 Å². The van der Waals surface area contributed by atoms with Gasteiger partial charge in [0, 0.05) is 31.4 Å². The number of hydrogen-bond acceptors (Lipinski definition) is 6. The molecule has 0 saturated carbocycles. The molecular weight excluding hydrogens is 368 g/mol. The molecule has 1 aliphatic rings. The van der Waals surface area contributed by atoms with Crippen molar-refractivity contribution in [3.05, 3.63) is 41.6 Å². The van der Waals surface area contributed by atoms with Crippen molar-refractivity contribution < 1.29 is 17.9 Å². The lowest BCUT2D eigenvalue weighted by atomic mass is 10.1. The van der Waals surface area contributed by atoms with Gasteiger partial charge in [0.25, 0.3) is 10.0 Å². The Morgan fingerprint density at radius 2 is 2.15 bits per heavy atom. The topological polar surface area (TPSA) is 95.6 Å². The molecule has 1 fully saturated rings. The number of H-pyrrole nitrogens is 1. The number of piperazine rings is 1. The Morgan fingerprint density at radius 1 is 1.37 bits per heavy atom. The second kappa shape index (κ2) is 7.69. The van der Waals surface area contributed by atoms with Crippen LogP contribution in [0, 0.1) is 6.92 Å². The third-order valence-corrected chi connectivity index (χ3v) is 6.46. The highest BCUT2D eigenvalue weighted by Crippen LogP contribution is 2.25. The summed E-state index contributed by atoms with van der Waals surface area (Å²) in [5.41, 5.74) is 2.17. The summed E-state index contributed by atoms with van der Waals surface area (Å²) >= 11 is 0. The second-order valence-electron chi connectivity index (χ2n) is 6.58. The summed E-state index contributed by atoms with van der Waals surface area (Å²) < 4.78 is 32.4. The number of sulfonamides is 1. The molecular formula is C18H24N4O4S. The van der Waals surface area contributed by atoms with Gasteiger partial charge in [-0.05, 0) is 38.5 Å². The number of anilines is 1. The number of aromatic nitrogens is 2. The molecule has 1 aromatic heterocycles. The zero-order valence-corrected chi connectivity index (χ0v) is 16.5. The number of benzene rings is 1. The number of rotatable bonds is 5. The number of ether oxygens (including phenoxy) is 1. The van der Waals surface area contributed by atoms with Crippen molar-refractivity contribution in [2.75, 3.05) is 31.1 Å². The van der Waals surface area contributed by atoms with Crippen molar-refractivity contribution in [3.63, 3.8) is 0 Å². The van der Waals surface area contributed by atoms with Crippen LogP contribution < -0.4 is 4.90 Å². The van der Waals surface area contributed by atoms with Gasteiger partial charge < -0.3 is 9.64 Å². The fourth-order valence-electron chi connectivity index (χ4n) is 3.29. The van der Waals surface area contributed by atoms with Crippen LogP contribution in [0.25, 0.3) is 0 Å². The monoisotopic (exact) mass is 392 g/mol. The summed E-state index contributed by atoms with van der Waals surface area (Å²) in [6, 6.07) is 8.14. The Bertz CT molecular complexity index is 925. The first-order chi connectivity index (χ1) is 12.8. The average molecular weight is 392 g/mol. The second-order valence-corrected chi connectivity index (χ2v) is 8.45. The third kappa shape index (κ3) is 3.84. The zero-order valence-electron chi connectivity index (χ0n) is 15.7. The van der Waals surface area contributed by atoms with E-state index in [1.165, 1.54) is 10.5 Å². The van der Waals surface area contributed by atoms with Crippen molar-refractivity contribution in [3.8, 4) is 0 Å². The van der Waals surface area contributed by atoms with E-state index in [1.807, 2.05) is 32.0 Å². The summed E-state index contributed by atoms with van der Waals surface area (Å²) in [6.07, 6.45) is 1.19. The van der Waals surface area contributed by atoms with E-state index in [0.29, 0.717) is 19.6 Å². The lowest BCUT2D eigenvalue weighted by molar-refractivity contribution is 0.0521. The molecule has 2 aromatic rings. The van der Waals surface area contributed by atoms with Gasteiger partial charge in [0.05, 0.1) is 12.8 Å². The molecule has 1 saturated heterocycles. The molecule has 1 N–H and O–H groups in total. The molecule has 0 bridgehead atoms. The van der Waals surface area contributed by atoms with Gasteiger partial charge in [0.1, 0.15) is 5.56 Å². The maximum Gasteiger partial charge on any atom is 0.342 e. The number of aromatic amines is 1. The Kier molecular flexibility index (Phi) is 5.52. The van der Waals surface area contributed by atoms with Crippen LogP contribution in [0.5, 0.6) is 0 Å². The van der Waals surface area contributed by atoms with Gasteiger partial charge in [-0.15, -0.1) is 0 Å². The minimum absolute atomic E-state index is 0.00992. The molecule has 2 heterocycles. The molecule has 8 nitrogen and oxygen atoms in total. The largest absolute Gasteiger partial charge is 0.462 e. The quantitative estimate of drug-likeness (QED) is 0.780. The first kappa shape index (κ1) is 19.4. The summed E-state index contributed by atoms with van der Waals surface area (Å²) in [5.74, 6) is -0.698. The summed E-state index contributed by atoms with van der Waals surface area (Å²) in [4.78, 5) is 14.2. The standard InChI is InChI=1S/C18H24N4O4S/c1-4-26-18(23)16-11-19-20-17(16)27(24,25)21-8-9-22(14(3)12-21)15-7-5-6-13(2)10-15/h5-7,10-11,14H,4,8-9,12H2,1-3H3,(H,19,20)/t14-/m0/s1. The van der Waals surface area contributed by atoms with Crippen molar-refractivity contribution in [2.24, 2.45) is 0 Å². The molecule has 0 spiro atoms. The van der Waals surface area contributed by atoms with Crippen molar-refractivity contribution in [2.45, 2.75) is 31.8 Å². The first-order valence-corrected chi connectivity index (χ1v) is 10.3. The molecule has 1 atom stereocenters. The zero-order chi connectivity index (χ0) is 19.6. The van der Waals surface area contributed by atoms with Crippen LogP contribution in [-0.4, -0.2) is 61.2 Å². The minimum atomic E-state index is -3.87. The van der Waals surface area contributed by atoms with E-state index in [-0.39, 0.29) is 23.2 Å². The van der Waals surface area contributed by atoms with Crippen LogP contribution in [0.15, 0.2) is 35.5 Å². The maximum absolute atomic E-state index is 13.0. The Labute approximate surface area is 159 Å². The highest BCUT2D eigenvalue weighted by Gasteiger charge is 2.36. The SMILES string of the molecule is CCOC(=O)c1cn[nH]c1S(=O)(=O)N1CCN(c2cccc(C)c2)[C@@H](C)C1. The lowest BCUT2D eigenvalue weighted by Crippen LogP contribution is -2.53. The molecule has 0 amide bonds. The Balaban J connectivity index is 1.80. The predicted molar refractivity (Wildman–Crippen MR) is 101 cm³/mol. The van der Waals surface area contributed by atoms with E-state index < -0.39 is 16.0 Å². The van der Waals surface area contributed by atoms with Gasteiger partial charge in [0.15, 0.2) is 5.03 Å². The van der Waals surface area contributed by atoms with Gasteiger partial charge in [-0.25, -0.2) is 13.2 Å². The van der Waals surface area contributed by atoms with Gasteiger partial charge in [-0.2, -0.15) is 9.40 Å². The number of nitrogens with zero attached hydrogens (tertiary/aromatic N) is 3. The predicted octanol–water partition coefficient (Wildman–Crippen LogP) is 1.79. The number of nitrogens with one attached hydrogen (secondary N) is 1. The molecule has 1 aromatic carbocycles. The van der Waals surface area contributed by atoms with Crippen LogP contribution in [0.3, 0.4) is 0 Å². The van der Waals surface area contributed by atoms with Crippen LogP contribution >= 0.6 is 0 Å². The molecule has 0 aliphatic carbocycles. The summed E-state index contributed by atoms with van der Waals surface area (Å²) in [5, 5.41) is 5.98. The third-order valence-electron chi connectivity index (χ3n) is 4.62. The smallest absolute Gasteiger partial charge is 0.342 e.